The third kappa shape index (κ3) is 2.60. The van der Waals surface area contributed by atoms with Crippen LogP contribution < -0.4 is 16.2 Å². The van der Waals surface area contributed by atoms with Crippen LogP contribution in [0.5, 0.6) is 5.75 Å². The molecule has 1 aliphatic heterocycles. The number of rotatable bonds is 3. The Morgan fingerprint density at radius 1 is 1.38 bits per heavy atom. The van der Waals surface area contributed by atoms with Gasteiger partial charge in [0.25, 0.3) is 5.91 Å². The second-order valence-corrected chi connectivity index (χ2v) is 7.52. The Labute approximate surface area is 155 Å². The number of carbonyl (C=O) groups excluding carboxylic acids is 1. The number of primary amides is 1. The molecule has 1 aromatic carbocycles. The molecule has 0 atom stereocenters. The van der Waals surface area contributed by atoms with Crippen molar-refractivity contribution in [2.24, 2.45) is 5.73 Å². The van der Waals surface area contributed by atoms with Gasteiger partial charge in [0.1, 0.15) is 15.5 Å². The van der Waals surface area contributed by atoms with E-state index in [2.05, 4.69) is 11.9 Å². The van der Waals surface area contributed by atoms with Gasteiger partial charge in [0.05, 0.1) is 12.8 Å². The molecule has 0 bridgehead atoms. The van der Waals surface area contributed by atoms with Gasteiger partial charge in [0.15, 0.2) is 0 Å². The Bertz CT molecular complexity index is 1030. The van der Waals surface area contributed by atoms with Gasteiger partial charge in [-0.25, -0.2) is 4.98 Å². The lowest BCUT2D eigenvalue weighted by Gasteiger charge is -2.27. The van der Waals surface area contributed by atoms with Crippen LogP contribution in [0, 0.1) is 0 Å². The summed E-state index contributed by atoms with van der Waals surface area (Å²) in [5.41, 5.74) is 16.5. The van der Waals surface area contributed by atoms with Gasteiger partial charge in [-0.1, -0.05) is 12.1 Å². The van der Waals surface area contributed by atoms with E-state index in [0.717, 1.165) is 57.9 Å². The van der Waals surface area contributed by atoms with Gasteiger partial charge in [-0.3, -0.25) is 4.79 Å². The second-order valence-electron chi connectivity index (χ2n) is 6.52. The van der Waals surface area contributed by atoms with Crippen LogP contribution in [0.4, 0.5) is 5.69 Å². The number of methoxy groups -OCH3 is 1. The van der Waals surface area contributed by atoms with Gasteiger partial charge in [-0.05, 0) is 30.3 Å². The first-order valence-electron chi connectivity index (χ1n) is 8.36. The number of thiophene rings is 1. The molecule has 0 radical (unpaired) electrons. The molecule has 0 unspecified atom stereocenters. The Morgan fingerprint density at radius 2 is 2.19 bits per heavy atom. The molecule has 6 nitrogen and oxygen atoms in total. The Balaban J connectivity index is 2.10. The van der Waals surface area contributed by atoms with Crippen LogP contribution >= 0.6 is 11.3 Å². The van der Waals surface area contributed by atoms with Crippen LogP contribution in [-0.4, -0.2) is 36.5 Å². The van der Waals surface area contributed by atoms with Crippen molar-refractivity contribution in [3.05, 3.63) is 40.4 Å². The molecule has 0 fully saturated rings. The number of carbonyl (C=O) groups is 1. The number of amides is 1. The number of fused-ring (bicyclic) bond motifs is 2. The average Bonchev–Trinajstić information content (AvgIpc) is 2.96. The zero-order valence-corrected chi connectivity index (χ0v) is 15.5. The van der Waals surface area contributed by atoms with Crippen molar-refractivity contribution in [2.45, 2.75) is 13.0 Å². The van der Waals surface area contributed by atoms with Crippen LogP contribution in [0.3, 0.4) is 0 Å². The average molecular weight is 368 g/mol. The van der Waals surface area contributed by atoms with Crippen molar-refractivity contribution in [3.63, 3.8) is 0 Å². The number of ether oxygens (including phenoxy) is 1. The van der Waals surface area contributed by atoms with Gasteiger partial charge in [-0.15, -0.1) is 11.3 Å². The Morgan fingerprint density at radius 3 is 2.92 bits per heavy atom. The lowest BCUT2D eigenvalue weighted by atomic mass is 9.92. The standard InChI is InChI=1S/C19H20N4O2S/c1-23-7-6-13-12(9-23)14(10-4-3-5-11(8-10)25-2)15-16(20)17(18(21)24)26-19(15)22-13/h3-5,8H,6-7,9,20H2,1-2H3,(H2,21,24). The molecule has 4 N–H and O–H groups in total. The van der Waals surface area contributed by atoms with E-state index in [4.69, 9.17) is 21.2 Å². The SMILES string of the molecule is COc1cccc(-c2c3c(nc4sc(C(N)=O)c(N)c24)CCN(C)C3)c1. The number of hydrogen-bond donors (Lipinski definition) is 2. The van der Waals surface area contributed by atoms with Crippen molar-refractivity contribution in [1.82, 2.24) is 9.88 Å². The van der Waals surface area contributed by atoms with E-state index < -0.39 is 5.91 Å². The number of hydrogen-bond acceptors (Lipinski definition) is 6. The monoisotopic (exact) mass is 368 g/mol. The maximum absolute atomic E-state index is 11.8. The highest BCUT2D eigenvalue weighted by Crippen LogP contribution is 2.43. The minimum atomic E-state index is -0.516. The number of pyridine rings is 1. The number of anilines is 1. The fraction of sp³-hybridized carbons (Fsp3) is 0.263. The highest BCUT2D eigenvalue weighted by Gasteiger charge is 2.26. The largest absolute Gasteiger partial charge is 0.497 e. The van der Waals surface area contributed by atoms with Crippen LogP contribution in [0.15, 0.2) is 24.3 Å². The van der Waals surface area contributed by atoms with E-state index in [0.29, 0.717) is 10.6 Å². The molecule has 3 heterocycles. The lowest BCUT2D eigenvalue weighted by Crippen LogP contribution is -2.27. The number of aromatic nitrogens is 1. The number of likely N-dealkylation sites (N-methyl/N-ethyl adjacent to an activating group) is 1. The summed E-state index contributed by atoms with van der Waals surface area (Å²) in [6, 6.07) is 7.89. The number of nitrogens with two attached hydrogens (primary N) is 2. The molecule has 0 saturated heterocycles. The van der Waals surface area contributed by atoms with E-state index in [-0.39, 0.29) is 0 Å². The van der Waals surface area contributed by atoms with E-state index in [1.54, 1.807) is 7.11 Å². The van der Waals surface area contributed by atoms with Gasteiger partial charge < -0.3 is 21.1 Å². The van der Waals surface area contributed by atoms with Crippen LogP contribution in [0.2, 0.25) is 0 Å². The molecule has 3 aromatic rings. The molecule has 0 spiro atoms. The maximum Gasteiger partial charge on any atom is 0.260 e. The zero-order chi connectivity index (χ0) is 18.4. The number of nitrogen functional groups attached to an aromatic ring is 1. The fourth-order valence-corrected chi connectivity index (χ4v) is 4.52. The molecule has 0 aliphatic carbocycles. The molecule has 134 valence electrons. The topological polar surface area (TPSA) is 94.5 Å². The smallest absolute Gasteiger partial charge is 0.260 e. The summed E-state index contributed by atoms with van der Waals surface area (Å²) in [4.78, 5) is 20.0. The molecular formula is C19H20N4O2S. The van der Waals surface area contributed by atoms with Gasteiger partial charge >= 0.3 is 0 Å². The first-order chi connectivity index (χ1) is 12.5. The molecule has 7 heteroatoms. The fourth-order valence-electron chi connectivity index (χ4n) is 3.54. The van der Waals surface area contributed by atoms with Crippen molar-refractivity contribution in [1.29, 1.82) is 0 Å². The summed E-state index contributed by atoms with van der Waals surface area (Å²) in [7, 11) is 3.74. The van der Waals surface area contributed by atoms with Gasteiger partial charge in [-0.2, -0.15) is 0 Å². The predicted molar refractivity (Wildman–Crippen MR) is 105 cm³/mol. The molecule has 4 rings (SSSR count). The number of benzene rings is 1. The Kier molecular flexibility index (Phi) is 4.05. The third-order valence-electron chi connectivity index (χ3n) is 4.80. The van der Waals surface area contributed by atoms with Crippen molar-refractivity contribution in [3.8, 4) is 16.9 Å². The molecule has 1 amide bonds. The van der Waals surface area contributed by atoms with E-state index in [9.17, 15) is 4.79 Å². The quantitative estimate of drug-likeness (QED) is 0.741. The van der Waals surface area contributed by atoms with Crippen LogP contribution in [0.25, 0.3) is 21.3 Å². The molecular weight excluding hydrogens is 348 g/mol. The predicted octanol–water partition coefficient (Wildman–Crippen LogP) is 2.64. The summed E-state index contributed by atoms with van der Waals surface area (Å²) < 4.78 is 5.40. The maximum atomic E-state index is 11.8. The lowest BCUT2D eigenvalue weighted by molar-refractivity contribution is 0.100. The molecule has 2 aromatic heterocycles. The van der Waals surface area contributed by atoms with E-state index >= 15 is 0 Å². The van der Waals surface area contributed by atoms with Gasteiger partial charge in [0, 0.05) is 36.2 Å². The molecule has 26 heavy (non-hydrogen) atoms. The minimum absolute atomic E-state index is 0.368. The van der Waals surface area contributed by atoms with Crippen molar-refractivity contribution in [2.75, 3.05) is 26.4 Å². The third-order valence-corrected chi connectivity index (χ3v) is 5.92. The highest BCUT2D eigenvalue weighted by molar-refractivity contribution is 7.21. The minimum Gasteiger partial charge on any atom is -0.497 e. The van der Waals surface area contributed by atoms with Crippen molar-refractivity contribution >= 4 is 33.1 Å². The summed E-state index contributed by atoms with van der Waals surface area (Å²) in [6.07, 6.45) is 0.864. The second kappa shape index (κ2) is 6.26. The Hall–Kier alpha value is -2.64. The van der Waals surface area contributed by atoms with E-state index in [1.165, 1.54) is 11.3 Å². The normalized spacial score (nSPS) is 14.4. The zero-order valence-electron chi connectivity index (χ0n) is 14.7. The van der Waals surface area contributed by atoms with E-state index in [1.807, 2.05) is 24.3 Å². The van der Waals surface area contributed by atoms with Crippen molar-refractivity contribution < 1.29 is 9.53 Å². The molecule has 0 saturated carbocycles. The summed E-state index contributed by atoms with van der Waals surface area (Å²) >= 11 is 1.27. The molecule has 1 aliphatic rings. The number of nitrogens with zero attached hydrogens (tertiary/aromatic N) is 2. The first-order valence-corrected chi connectivity index (χ1v) is 9.17. The van der Waals surface area contributed by atoms with Crippen LogP contribution in [-0.2, 0) is 13.0 Å². The highest BCUT2D eigenvalue weighted by atomic mass is 32.1. The van der Waals surface area contributed by atoms with Crippen LogP contribution in [0.1, 0.15) is 20.9 Å². The summed E-state index contributed by atoms with van der Waals surface area (Å²) in [5.74, 6) is 0.256. The first kappa shape index (κ1) is 16.8. The summed E-state index contributed by atoms with van der Waals surface area (Å²) in [6.45, 7) is 1.73. The van der Waals surface area contributed by atoms with Gasteiger partial charge in [0.2, 0.25) is 0 Å². The summed E-state index contributed by atoms with van der Waals surface area (Å²) in [5, 5.41) is 0.811.